The lowest BCUT2D eigenvalue weighted by Gasteiger charge is -2.14. The molecule has 0 aliphatic carbocycles. The molecule has 2 N–H and O–H groups in total. The zero-order valence-electron chi connectivity index (χ0n) is 16.4. The largest absolute Gasteiger partial charge is 0.380 e. The molecule has 0 saturated heterocycles. The van der Waals surface area contributed by atoms with Crippen molar-refractivity contribution in [2.45, 2.75) is 26.9 Å². The van der Waals surface area contributed by atoms with E-state index < -0.39 is 0 Å². The van der Waals surface area contributed by atoms with Crippen molar-refractivity contribution in [3.05, 3.63) is 59.4 Å². The van der Waals surface area contributed by atoms with Crippen molar-refractivity contribution >= 4 is 0 Å². The lowest BCUT2D eigenvalue weighted by molar-refractivity contribution is 0.149. The lowest BCUT2D eigenvalue weighted by Crippen LogP contribution is -2.21. The van der Waals surface area contributed by atoms with Gasteiger partial charge in [0, 0.05) is 39.4 Å². The summed E-state index contributed by atoms with van der Waals surface area (Å²) in [4.78, 5) is 0. The summed E-state index contributed by atoms with van der Waals surface area (Å²) in [7, 11) is 0. The minimum absolute atomic E-state index is 0.217. The highest BCUT2D eigenvalue weighted by Crippen LogP contribution is 2.25. The van der Waals surface area contributed by atoms with E-state index in [1.165, 1.54) is 23.3 Å². The molecule has 0 spiro atoms. The number of nitrogens with one attached hydrogen (secondary N) is 2. The Kier molecular flexibility index (Phi) is 10.0. The Hall–Kier alpha value is -1.79. The third-order valence-electron chi connectivity index (χ3n) is 4.22. The molecule has 148 valence electrons. The van der Waals surface area contributed by atoms with Crippen molar-refractivity contribution in [3.63, 3.8) is 0 Å². The van der Waals surface area contributed by atoms with E-state index in [2.05, 4.69) is 28.8 Å². The van der Waals surface area contributed by atoms with Gasteiger partial charge in [0.05, 0.1) is 13.2 Å². The number of hydrogen-bond acceptors (Lipinski definition) is 4. The molecular formula is C22H31FN2O2. The number of ether oxygens (including phenoxy) is 2. The second kappa shape index (κ2) is 12.6. The van der Waals surface area contributed by atoms with Crippen LogP contribution in [0.2, 0.25) is 0 Å². The van der Waals surface area contributed by atoms with Gasteiger partial charge >= 0.3 is 0 Å². The Morgan fingerprint density at radius 2 is 1.44 bits per heavy atom. The van der Waals surface area contributed by atoms with Crippen LogP contribution in [0, 0.1) is 5.82 Å². The fourth-order valence-corrected chi connectivity index (χ4v) is 2.85. The molecule has 0 bridgehead atoms. The van der Waals surface area contributed by atoms with E-state index in [1.54, 1.807) is 0 Å². The van der Waals surface area contributed by atoms with Crippen molar-refractivity contribution in [1.29, 1.82) is 0 Å². The Balaban J connectivity index is 2.05. The second-order valence-electron chi connectivity index (χ2n) is 6.25. The van der Waals surface area contributed by atoms with Gasteiger partial charge in [-0.1, -0.05) is 30.3 Å². The molecule has 0 radical (unpaired) electrons. The Morgan fingerprint density at radius 3 is 2.07 bits per heavy atom. The van der Waals surface area contributed by atoms with Gasteiger partial charge in [0.25, 0.3) is 0 Å². The predicted octanol–water partition coefficient (Wildman–Crippen LogP) is 3.74. The van der Waals surface area contributed by atoms with Gasteiger partial charge < -0.3 is 20.1 Å². The summed E-state index contributed by atoms with van der Waals surface area (Å²) >= 11 is 0. The second-order valence-corrected chi connectivity index (χ2v) is 6.25. The van der Waals surface area contributed by atoms with Gasteiger partial charge in [-0.3, -0.25) is 0 Å². The summed E-state index contributed by atoms with van der Waals surface area (Å²) in [5, 5.41) is 6.83. The summed E-state index contributed by atoms with van der Waals surface area (Å²) in [5.41, 5.74) is 4.56. The monoisotopic (exact) mass is 374 g/mol. The third kappa shape index (κ3) is 7.77. The molecule has 0 fully saturated rings. The van der Waals surface area contributed by atoms with Crippen LogP contribution in [0.1, 0.15) is 25.0 Å². The molecule has 0 aromatic heterocycles. The molecule has 0 heterocycles. The molecule has 0 aliphatic rings. The van der Waals surface area contributed by atoms with Crippen LogP contribution in [-0.2, 0) is 22.6 Å². The van der Waals surface area contributed by atoms with Crippen LogP contribution < -0.4 is 10.6 Å². The summed E-state index contributed by atoms with van der Waals surface area (Å²) in [6.07, 6.45) is 0. The van der Waals surface area contributed by atoms with E-state index in [0.717, 1.165) is 57.1 Å². The molecule has 0 aliphatic heterocycles. The number of benzene rings is 2. The molecule has 2 aromatic carbocycles. The first-order valence-electron chi connectivity index (χ1n) is 9.69. The van der Waals surface area contributed by atoms with Crippen LogP contribution in [0.15, 0.2) is 42.5 Å². The van der Waals surface area contributed by atoms with E-state index in [1.807, 2.05) is 26.0 Å². The van der Waals surface area contributed by atoms with Gasteiger partial charge in [-0.05, 0) is 48.2 Å². The average molecular weight is 375 g/mol. The van der Waals surface area contributed by atoms with Gasteiger partial charge in [-0.15, -0.1) is 0 Å². The van der Waals surface area contributed by atoms with Crippen LogP contribution in [0.25, 0.3) is 11.1 Å². The minimum Gasteiger partial charge on any atom is -0.380 e. The van der Waals surface area contributed by atoms with Gasteiger partial charge in [-0.2, -0.15) is 0 Å². The SMILES string of the molecule is CCOCCNCc1ccc(-c2ccc(F)cc2)c(CNCCOCC)c1. The first kappa shape index (κ1) is 21.5. The van der Waals surface area contributed by atoms with E-state index in [0.29, 0.717) is 6.61 Å². The van der Waals surface area contributed by atoms with E-state index in [-0.39, 0.29) is 5.82 Å². The Bertz CT molecular complexity index is 662. The zero-order chi connectivity index (χ0) is 19.3. The van der Waals surface area contributed by atoms with Gasteiger partial charge in [-0.25, -0.2) is 4.39 Å². The molecule has 0 saturated carbocycles. The predicted molar refractivity (Wildman–Crippen MR) is 108 cm³/mol. The number of rotatable bonds is 13. The fourth-order valence-electron chi connectivity index (χ4n) is 2.85. The van der Waals surface area contributed by atoms with Crippen molar-refractivity contribution < 1.29 is 13.9 Å². The maximum Gasteiger partial charge on any atom is 0.123 e. The molecular weight excluding hydrogens is 343 g/mol. The van der Waals surface area contributed by atoms with E-state index in [4.69, 9.17) is 9.47 Å². The van der Waals surface area contributed by atoms with Crippen LogP contribution in [0.4, 0.5) is 4.39 Å². The summed E-state index contributed by atoms with van der Waals surface area (Å²) in [5.74, 6) is -0.217. The number of hydrogen-bond donors (Lipinski definition) is 2. The van der Waals surface area contributed by atoms with Crippen molar-refractivity contribution in [2.75, 3.05) is 39.5 Å². The van der Waals surface area contributed by atoms with Crippen molar-refractivity contribution in [3.8, 4) is 11.1 Å². The fraction of sp³-hybridized carbons (Fsp3) is 0.455. The maximum atomic E-state index is 13.3. The first-order chi connectivity index (χ1) is 13.2. The number of halogens is 1. The molecule has 4 nitrogen and oxygen atoms in total. The normalized spacial score (nSPS) is 11.1. The highest BCUT2D eigenvalue weighted by Gasteiger charge is 2.07. The smallest absolute Gasteiger partial charge is 0.123 e. The van der Waals surface area contributed by atoms with Crippen LogP contribution in [0.3, 0.4) is 0 Å². The minimum atomic E-state index is -0.217. The Morgan fingerprint density at radius 1 is 0.815 bits per heavy atom. The van der Waals surface area contributed by atoms with Gasteiger partial charge in [0.15, 0.2) is 0 Å². The molecule has 2 rings (SSSR count). The average Bonchev–Trinajstić information content (AvgIpc) is 2.69. The lowest BCUT2D eigenvalue weighted by atomic mass is 9.97. The first-order valence-corrected chi connectivity index (χ1v) is 9.69. The quantitative estimate of drug-likeness (QED) is 0.524. The summed E-state index contributed by atoms with van der Waals surface area (Å²) < 4.78 is 24.0. The molecule has 5 heteroatoms. The third-order valence-corrected chi connectivity index (χ3v) is 4.22. The van der Waals surface area contributed by atoms with Gasteiger partial charge in [0.1, 0.15) is 5.82 Å². The standard InChI is InChI=1S/C22H31FN2O2/c1-3-26-13-11-24-16-18-5-10-22(19-6-8-21(23)9-7-19)20(15-18)17-25-12-14-27-4-2/h5-10,15,24-25H,3-4,11-14,16-17H2,1-2H3. The summed E-state index contributed by atoms with van der Waals surface area (Å²) in [6.45, 7) is 10.0. The van der Waals surface area contributed by atoms with Crippen LogP contribution >= 0.6 is 0 Å². The topological polar surface area (TPSA) is 42.5 Å². The molecule has 2 aromatic rings. The van der Waals surface area contributed by atoms with Crippen molar-refractivity contribution in [1.82, 2.24) is 10.6 Å². The van der Waals surface area contributed by atoms with Gasteiger partial charge in [0.2, 0.25) is 0 Å². The Labute approximate surface area is 162 Å². The molecule has 0 amide bonds. The highest BCUT2D eigenvalue weighted by atomic mass is 19.1. The van der Waals surface area contributed by atoms with E-state index >= 15 is 0 Å². The molecule has 0 atom stereocenters. The maximum absolute atomic E-state index is 13.3. The highest BCUT2D eigenvalue weighted by molar-refractivity contribution is 5.67. The van der Waals surface area contributed by atoms with E-state index in [9.17, 15) is 4.39 Å². The van der Waals surface area contributed by atoms with Crippen molar-refractivity contribution in [2.24, 2.45) is 0 Å². The zero-order valence-corrected chi connectivity index (χ0v) is 16.4. The molecule has 27 heavy (non-hydrogen) atoms. The van der Waals surface area contributed by atoms with Crippen LogP contribution in [-0.4, -0.2) is 39.5 Å². The van der Waals surface area contributed by atoms with Crippen LogP contribution in [0.5, 0.6) is 0 Å². The summed E-state index contributed by atoms with van der Waals surface area (Å²) in [6, 6.07) is 13.1. The molecule has 0 unspecified atom stereocenters.